The Labute approximate surface area is 99.5 Å². The molecule has 1 aromatic rings. The molecule has 0 aliphatic rings. The number of aliphatic hydroxyl groups is 1. The van der Waals surface area contributed by atoms with Crippen molar-refractivity contribution in [2.45, 2.75) is 24.3 Å². The average molecular weight is 262 g/mol. The number of hydrogen-bond acceptors (Lipinski definition) is 4. The summed E-state index contributed by atoms with van der Waals surface area (Å²) in [6, 6.07) is 3.63. The van der Waals surface area contributed by atoms with Gasteiger partial charge in [-0.05, 0) is 26.0 Å². The lowest BCUT2D eigenvalue weighted by Gasteiger charge is -2.23. The summed E-state index contributed by atoms with van der Waals surface area (Å²) in [6.07, 6.45) is 0. The quantitative estimate of drug-likeness (QED) is 0.687. The molecule has 0 unspecified atom stereocenters. The first-order valence-electron chi connectivity index (χ1n) is 4.88. The largest absolute Gasteiger partial charge is 0.398 e. The second kappa shape index (κ2) is 4.59. The molecule has 17 heavy (non-hydrogen) atoms. The summed E-state index contributed by atoms with van der Waals surface area (Å²) in [5.41, 5.74) is 4.18. The number of benzene rings is 1. The first kappa shape index (κ1) is 13.9. The van der Waals surface area contributed by atoms with Crippen LogP contribution >= 0.6 is 0 Å². The highest BCUT2D eigenvalue weighted by Gasteiger charge is 2.29. The summed E-state index contributed by atoms with van der Waals surface area (Å²) < 4.78 is 39.5. The number of rotatable bonds is 4. The van der Waals surface area contributed by atoms with E-state index in [0.717, 1.165) is 6.07 Å². The maximum Gasteiger partial charge on any atom is 0.246 e. The number of anilines is 1. The number of halogens is 1. The second-order valence-corrected chi connectivity index (χ2v) is 5.92. The van der Waals surface area contributed by atoms with Gasteiger partial charge in [-0.3, -0.25) is 0 Å². The molecule has 0 bridgehead atoms. The van der Waals surface area contributed by atoms with E-state index in [4.69, 9.17) is 10.8 Å². The van der Waals surface area contributed by atoms with Gasteiger partial charge in [0, 0.05) is 0 Å². The van der Waals surface area contributed by atoms with Crippen LogP contribution in [0, 0.1) is 5.82 Å². The first-order chi connectivity index (χ1) is 7.69. The molecule has 0 saturated heterocycles. The zero-order valence-electron chi connectivity index (χ0n) is 9.57. The summed E-state index contributed by atoms with van der Waals surface area (Å²) in [7, 11) is -4.10. The van der Waals surface area contributed by atoms with E-state index in [-0.39, 0.29) is 5.69 Å². The molecule has 0 amide bonds. The zero-order valence-corrected chi connectivity index (χ0v) is 10.4. The molecule has 0 aliphatic carbocycles. The molecule has 5 nitrogen and oxygen atoms in total. The fourth-order valence-electron chi connectivity index (χ4n) is 1.26. The molecular formula is C10H15FN2O3S. The minimum absolute atomic E-state index is 0.175. The molecule has 0 atom stereocenters. The van der Waals surface area contributed by atoms with Crippen LogP contribution in [0.15, 0.2) is 23.1 Å². The second-order valence-electron chi connectivity index (χ2n) is 4.31. The van der Waals surface area contributed by atoms with Crippen LogP contribution in [0.25, 0.3) is 0 Å². The van der Waals surface area contributed by atoms with Crippen molar-refractivity contribution in [2.24, 2.45) is 0 Å². The highest BCUT2D eigenvalue weighted by atomic mass is 32.2. The number of aliphatic hydroxyl groups excluding tert-OH is 1. The Morgan fingerprint density at radius 3 is 2.53 bits per heavy atom. The maximum atomic E-state index is 13.5. The Balaban J connectivity index is 3.24. The number of nitrogens with one attached hydrogen (secondary N) is 1. The monoisotopic (exact) mass is 262 g/mol. The Bertz CT molecular complexity index is 494. The van der Waals surface area contributed by atoms with Crippen LogP contribution in [0.4, 0.5) is 10.1 Å². The van der Waals surface area contributed by atoms with Gasteiger partial charge in [0.05, 0.1) is 17.8 Å². The molecule has 0 radical (unpaired) electrons. The molecule has 0 saturated carbocycles. The summed E-state index contributed by atoms with van der Waals surface area (Å²) in [5.74, 6) is -0.925. The minimum Gasteiger partial charge on any atom is -0.398 e. The summed E-state index contributed by atoms with van der Waals surface area (Å²) >= 11 is 0. The fourth-order valence-corrected chi connectivity index (χ4v) is 2.85. The van der Waals surface area contributed by atoms with E-state index in [1.807, 2.05) is 0 Å². The average Bonchev–Trinajstić information content (AvgIpc) is 2.15. The predicted molar refractivity (Wildman–Crippen MR) is 62.3 cm³/mol. The van der Waals surface area contributed by atoms with Gasteiger partial charge in [0.25, 0.3) is 0 Å². The Morgan fingerprint density at radius 2 is 2.06 bits per heavy atom. The van der Waals surface area contributed by atoms with Gasteiger partial charge in [-0.2, -0.15) is 0 Å². The molecule has 1 aromatic carbocycles. The minimum atomic E-state index is -4.10. The lowest BCUT2D eigenvalue weighted by atomic mass is 10.1. The molecule has 0 heterocycles. The van der Waals surface area contributed by atoms with Gasteiger partial charge in [0.2, 0.25) is 10.0 Å². The summed E-state index contributed by atoms with van der Waals surface area (Å²) in [4.78, 5) is -0.596. The van der Waals surface area contributed by atoms with Crippen molar-refractivity contribution >= 4 is 15.7 Å². The van der Waals surface area contributed by atoms with Crippen molar-refractivity contribution in [3.63, 3.8) is 0 Å². The van der Waals surface area contributed by atoms with Gasteiger partial charge in [-0.1, -0.05) is 6.07 Å². The van der Waals surface area contributed by atoms with E-state index in [1.54, 1.807) is 0 Å². The van der Waals surface area contributed by atoms with E-state index in [0.29, 0.717) is 0 Å². The van der Waals surface area contributed by atoms with Crippen LogP contribution in [-0.2, 0) is 10.0 Å². The molecule has 0 spiro atoms. The van der Waals surface area contributed by atoms with Crippen LogP contribution in [0.3, 0.4) is 0 Å². The molecule has 7 heteroatoms. The highest BCUT2D eigenvalue weighted by Crippen LogP contribution is 2.22. The number of sulfonamides is 1. The molecule has 0 aliphatic heterocycles. The van der Waals surface area contributed by atoms with Crippen LogP contribution in [0.1, 0.15) is 13.8 Å². The van der Waals surface area contributed by atoms with Crippen molar-refractivity contribution in [3.8, 4) is 0 Å². The van der Waals surface area contributed by atoms with E-state index in [2.05, 4.69) is 4.72 Å². The van der Waals surface area contributed by atoms with Gasteiger partial charge in [-0.25, -0.2) is 17.5 Å². The standard InChI is InChI=1S/C10H15FN2O3S/c1-10(2,6-14)13-17(15,16)9-7(11)4-3-5-8(9)12/h3-5,13-14H,6,12H2,1-2H3. The SMILES string of the molecule is CC(C)(CO)NS(=O)(=O)c1c(N)cccc1F. The smallest absolute Gasteiger partial charge is 0.246 e. The van der Waals surface area contributed by atoms with Crippen molar-refractivity contribution in [3.05, 3.63) is 24.0 Å². The zero-order chi connectivity index (χ0) is 13.3. The highest BCUT2D eigenvalue weighted by molar-refractivity contribution is 7.89. The molecule has 1 rings (SSSR count). The number of hydrogen-bond donors (Lipinski definition) is 3. The lowest BCUT2D eigenvalue weighted by molar-refractivity contribution is 0.208. The van der Waals surface area contributed by atoms with Crippen LogP contribution in [0.5, 0.6) is 0 Å². The van der Waals surface area contributed by atoms with E-state index in [9.17, 15) is 12.8 Å². The third-order valence-corrected chi connectivity index (χ3v) is 3.86. The van der Waals surface area contributed by atoms with Crippen LogP contribution in [-0.4, -0.2) is 25.7 Å². The normalized spacial score (nSPS) is 12.7. The van der Waals surface area contributed by atoms with Crippen molar-refractivity contribution < 1.29 is 17.9 Å². The van der Waals surface area contributed by atoms with Crippen molar-refractivity contribution in [2.75, 3.05) is 12.3 Å². The summed E-state index contributed by atoms with van der Waals surface area (Å²) in [6.45, 7) is 2.53. The molecule has 4 N–H and O–H groups in total. The first-order valence-corrected chi connectivity index (χ1v) is 6.37. The maximum absolute atomic E-state index is 13.5. The predicted octanol–water partition coefficient (Wildman–Crippen LogP) is 0.457. The Morgan fingerprint density at radius 1 is 1.47 bits per heavy atom. The van der Waals surface area contributed by atoms with Crippen molar-refractivity contribution in [1.82, 2.24) is 4.72 Å². The van der Waals surface area contributed by atoms with E-state index in [1.165, 1.54) is 26.0 Å². The van der Waals surface area contributed by atoms with Gasteiger partial charge in [-0.15, -0.1) is 0 Å². The van der Waals surface area contributed by atoms with E-state index >= 15 is 0 Å². The molecule has 96 valence electrons. The van der Waals surface area contributed by atoms with Crippen LogP contribution < -0.4 is 10.5 Å². The summed E-state index contributed by atoms with van der Waals surface area (Å²) in [5, 5.41) is 8.99. The fraction of sp³-hybridized carbons (Fsp3) is 0.400. The van der Waals surface area contributed by atoms with E-state index < -0.39 is 32.9 Å². The molecular weight excluding hydrogens is 247 g/mol. The van der Waals surface area contributed by atoms with Gasteiger partial charge in [0.1, 0.15) is 10.7 Å². The van der Waals surface area contributed by atoms with Gasteiger partial charge < -0.3 is 10.8 Å². The third kappa shape index (κ3) is 3.15. The number of nitrogen functional groups attached to an aromatic ring is 1. The van der Waals surface area contributed by atoms with Crippen LogP contribution in [0.2, 0.25) is 0 Å². The van der Waals surface area contributed by atoms with Crippen molar-refractivity contribution in [1.29, 1.82) is 0 Å². The topological polar surface area (TPSA) is 92.4 Å². The van der Waals surface area contributed by atoms with Gasteiger partial charge in [0.15, 0.2) is 0 Å². The lowest BCUT2D eigenvalue weighted by Crippen LogP contribution is -2.46. The van der Waals surface area contributed by atoms with Gasteiger partial charge >= 0.3 is 0 Å². The molecule has 0 aromatic heterocycles. The third-order valence-electron chi connectivity index (χ3n) is 2.07. The Kier molecular flexibility index (Phi) is 3.75. The number of nitrogens with two attached hydrogens (primary N) is 1. The molecule has 0 fully saturated rings. The Hall–Kier alpha value is -1.18.